The van der Waals surface area contributed by atoms with E-state index < -0.39 is 0 Å². The zero-order valence-electron chi connectivity index (χ0n) is 6.37. The van der Waals surface area contributed by atoms with E-state index in [1.807, 2.05) is 0 Å². The number of furan rings is 1. The molecule has 0 aliphatic carbocycles. The molecule has 13 heavy (non-hydrogen) atoms. The predicted octanol–water partition coefficient (Wildman–Crippen LogP) is 3.04. The van der Waals surface area contributed by atoms with Crippen LogP contribution in [0.25, 0.3) is 11.3 Å². The van der Waals surface area contributed by atoms with Crippen LogP contribution >= 0.6 is 23.2 Å². The van der Waals surface area contributed by atoms with Crippen molar-refractivity contribution in [1.29, 1.82) is 0 Å². The van der Waals surface area contributed by atoms with E-state index in [1.54, 1.807) is 24.5 Å². The lowest BCUT2D eigenvalue weighted by atomic mass is 10.2. The first-order valence-electron chi connectivity index (χ1n) is 3.50. The summed E-state index contributed by atoms with van der Waals surface area (Å²) in [7, 11) is 0. The lowest BCUT2D eigenvalue weighted by Crippen LogP contribution is -1.86. The Morgan fingerprint density at radius 2 is 2.08 bits per heavy atom. The number of halogens is 2. The topological polar surface area (TPSA) is 38.9 Å². The number of hydrogen-bond acceptors (Lipinski definition) is 3. The summed E-state index contributed by atoms with van der Waals surface area (Å²) in [5.74, 6) is 0.627. The van der Waals surface area contributed by atoms with Crippen molar-refractivity contribution >= 4 is 23.2 Å². The fourth-order valence-electron chi connectivity index (χ4n) is 0.958. The van der Waals surface area contributed by atoms with E-state index in [0.717, 1.165) is 0 Å². The number of aromatic nitrogens is 2. The Balaban J connectivity index is 2.57. The summed E-state index contributed by atoms with van der Waals surface area (Å²) in [4.78, 5) is 0. The van der Waals surface area contributed by atoms with Crippen LogP contribution < -0.4 is 0 Å². The van der Waals surface area contributed by atoms with Crippen LogP contribution in [0.3, 0.4) is 0 Å². The molecule has 0 aliphatic rings. The van der Waals surface area contributed by atoms with Gasteiger partial charge in [-0.25, -0.2) is 0 Å². The van der Waals surface area contributed by atoms with E-state index in [9.17, 15) is 0 Å². The second kappa shape index (κ2) is 3.36. The molecule has 0 radical (unpaired) electrons. The highest BCUT2D eigenvalue weighted by atomic mass is 35.5. The Labute approximate surface area is 84.3 Å². The molecule has 2 aromatic heterocycles. The van der Waals surface area contributed by atoms with E-state index >= 15 is 0 Å². The van der Waals surface area contributed by atoms with Crippen molar-refractivity contribution in [2.45, 2.75) is 0 Å². The predicted molar refractivity (Wildman–Crippen MR) is 49.8 cm³/mol. The van der Waals surface area contributed by atoms with E-state index in [4.69, 9.17) is 27.6 Å². The van der Waals surface area contributed by atoms with Crippen molar-refractivity contribution in [2.24, 2.45) is 0 Å². The summed E-state index contributed by atoms with van der Waals surface area (Å²) >= 11 is 11.5. The molecule has 0 atom stereocenters. The highest BCUT2D eigenvalue weighted by molar-refractivity contribution is 6.33. The molecule has 0 aromatic carbocycles. The third-order valence-corrected chi connectivity index (χ3v) is 1.97. The zero-order chi connectivity index (χ0) is 9.26. The van der Waals surface area contributed by atoms with Gasteiger partial charge in [0.05, 0.1) is 11.8 Å². The van der Waals surface area contributed by atoms with Crippen LogP contribution in [0.5, 0.6) is 0 Å². The summed E-state index contributed by atoms with van der Waals surface area (Å²) in [6.45, 7) is 0. The maximum Gasteiger partial charge on any atom is 0.162 e. The number of nitrogens with zero attached hydrogens (tertiary/aromatic N) is 2. The first-order chi connectivity index (χ1) is 6.27. The molecule has 0 saturated carbocycles. The van der Waals surface area contributed by atoms with Gasteiger partial charge < -0.3 is 4.42 Å². The Bertz CT molecular complexity index is 414. The van der Waals surface area contributed by atoms with Gasteiger partial charge in [0.25, 0.3) is 0 Å². The summed E-state index contributed by atoms with van der Waals surface area (Å²) in [5.41, 5.74) is 0.645. The third kappa shape index (κ3) is 1.66. The monoisotopic (exact) mass is 214 g/mol. The minimum absolute atomic E-state index is 0.277. The summed E-state index contributed by atoms with van der Waals surface area (Å²) < 4.78 is 5.14. The molecule has 0 bridgehead atoms. The molecule has 3 nitrogen and oxygen atoms in total. The van der Waals surface area contributed by atoms with Crippen molar-refractivity contribution in [3.8, 4) is 11.3 Å². The molecule has 0 fully saturated rings. The lowest BCUT2D eigenvalue weighted by Gasteiger charge is -1.98. The van der Waals surface area contributed by atoms with Gasteiger partial charge in [0.1, 0.15) is 5.76 Å². The minimum atomic E-state index is 0.277. The largest absolute Gasteiger partial charge is 0.464 e. The smallest absolute Gasteiger partial charge is 0.162 e. The molecule has 0 spiro atoms. The van der Waals surface area contributed by atoms with Crippen LogP contribution in [-0.4, -0.2) is 10.2 Å². The van der Waals surface area contributed by atoms with E-state index in [0.29, 0.717) is 11.3 Å². The van der Waals surface area contributed by atoms with Gasteiger partial charge >= 0.3 is 0 Å². The molecule has 2 aromatic rings. The summed E-state index contributed by atoms with van der Waals surface area (Å²) in [6.07, 6.45) is 1.56. The van der Waals surface area contributed by atoms with Crippen molar-refractivity contribution in [3.05, 3.63) is 34.8 Å². The first-order valence-corrected chi connectivity index (χ1v) is 4.25. The van der Waals surface area contributed by atoms with Gasteiger partial charge in [0.15, 0.2) is 10.3 Å². The molecule has 0 N–H and O–H groups in total. The second-order valence-electron chi connectivity index (χ2n) is 2.35. The highest BCUT2D eigenvalue weighted by Gasteiger charge is 2.08. The van der Waals surface area contributed by atoms with Gasteiger partial charge in [-0.2, -0.15) is 0 Å². The van der Waals surface area contributed by atoms with Crippen molar-refractivity contribution in [2.75, 3.05) is 0 Å². The van der Waals surface area contributed by atoms with Gasteiger partial charge in [-0.3, -0.25) is 0 Å². The van der Waals surface area contributed by atoms with E-state index in [2.05, 4.69) is 10.2 Å². The number of rotatable bonds is 1. The molecule has 2 rings (SSSR count). The molecular weight excluding hydrogens is 211 g/mol. The molecule has 0 unspecified atom stereocenters. The van der Waals surface area contributed by atoms with Crippen LogP contribution in [0.15, 0.2) is 28.9 Å². The van der Waals surface area contributed by atoms with Crippen molar-refractivity contribution in [3.63, 3.8) is 0 Å². The van der Waals surface area contributed by atoms with Gasteiger partial charge in [0.2, 0.25) is 0 Å². The van der Waals surface area contributed by atoms with Crippen molar-refractivity contribution < 1.29 is 4.42 Å². The Hall–Kier alpha value is -1.06. The second-order valence-corrected chi connectivity index (χ2v) is 3.09. The van der Waals surface area contributed by atoms with Gasteiger partial charge in [-0.1, -0.05) is 23.2 Å². The van der Waals surface area contributed by atoms with Gasteiger partial charge in [0, 0.05) is 0 Å². The van der Waals surface area contributed by atoms with E-state index in [1.165, 1.54) is 0 Å². The summed E-state index contributed by atoms with van der Waals surface area (Å²) in [5, 5.41) is 7.81. The lowest BCUT2D eigenvalue weighted by molar-refractivity contribution is 0.582. The molecular formula is C8H4Cl2N2O. The fourth-order valence-corrected chi connectivity index (χ4v) is 1.29. The molecule has 66 valence electrons. The van der Waals surface area contributed by atoms with Crippen LogP contribution in [0, 0.1) is 0 Å². The van der Waals surface area contributed by atoms with Gasteiger partial charge in [-0.05, 0) is 18.2 Å². The summed E-state index contributed by atoms with van der Waals surface area (Å²) in [6, 6.07) is 5.15. The van der Waals surface area contributed by atoms with Crippen LogP contribution in [0.4, 0.5) is 0 Å². The van der Waals surface area contributed by atoms with Crippen molar-refractivity contribution in [1.82, 2.24) is 10.2 Å². The van der Waals surface area contributed by atoms with E-state index in [-0.39, 0.29) is 10.3 Å². The average Bonchev–Trinajstić information content (AvgIpc) is 2.61. The van der Waals surface area contributed by atoms with Crippen LogP contribution in [0.2, 0.25) is 10.3 Å². The third-order valence-electron chi connectivity index (χ3n) is 1.51. The zero-order valence-corrected chi connectivity index (χ0v) is 7.88. The Morgan fingerprint density at radius 3 is 2.77 bits per heavy atom. The Kier molecular flexibility index (Phi) is 2.20. The average molecular weight is 215 g/mol. The maximum atomic E-state index is 5.80. The standard InChI is InChI=1S/C8H4Cl2N2O/c9-7-4-5(8(10)12-11-7)6-2-1-3-13-6/h1-4H. The molecule has 0 saturated heterocycles. The Morgan fingerprint density at radius 1 is 1.23 bits per heavy atom. The molecule has 5 heteroatoms. The highest BCUT2D eigenvalue weighted by Crippen LogP contribution is 2.27. The van der Waals surface area contributed by atoms with Crippen LogP contribution in [-0.2, 0) is 0 Å². The molecule has 2 heterocycles. The minimum Gasteiger partial charge on any atom is -0.464 e. The maximum absolute atomic E-state index is 5.80. The van der Waals surface area contributed by atoms with Crippen LogP contribution in [0.1, 0.15) is 0 Å². The van der Waals surface area contributed by atoms with Gasteiger partial charge in [-0.15, -0.1) is 10.2 Å². The SMILES string of the molecule is Clc1cc(-c2ccco2)c(Cl)nn1. The molecule has 0 aliphatic heterocycles. The normalized spacial score (nSPS) is 10.3. The molecule has 0 amide bonds. The fraction of sp³-hybridized carbons (Fsp3) is 0. The first kappa shape index (κ1) is 8.53. The quantitative estimate of drug-likeness (QED) is 0.733. The number of hydrogen-bond donors (Lipinski definition) is 0.